The van der Waals surface area contributed by atoms with E-state index in [-0.39, 0.29) is 30.7 Å². The van der Waals surface area contributed by atoms with Gasteiger partial charge in [-0.1, -0.05) is 0 Å². The molecule has 0 radical (unpaired) electrons. The maximum atomic E-state index is 12.7. The van der Waals surface area contributed by atoms with Crippen LogP contribution in [0.3, 0.4) is 0 Å². The molecule has 4 amide bonds. The summed E-state index contributed by atoms with van der Waals surface area (Å²) in [5.74, 6) is -1.27. The standard InChI is InChI=1S/C21H20N4O5/c26-18-4-3-17(20(28)24-18)25-9-11-7-13(1-2-14(11)21(25)29)22-19(27)16-8-12-10-30-6-5-15(12)23-16/h1-2,7-8,17,23H,3-6,9-10H2,(H,22,27)(H,24,26,28). The first-order valence-electron chi connectivity index (χ1n) is 9.87. The maximum Gasteiger partial charge on any atom is 0.272 e. The minimum Gasteiger partial charge on any atom is -0.376 e. The number of H-pyrrole nitrogens is 1. The van der Waals surface area contributed by atoms with Gasteiger partial charge < -0.3 is 19.9 Å². The van der Waals surface area contributed by atoms with E-state index in [1.54, 1.807) is 24.3 Å². The molecule has 9 nitrogen and oxygen atoms in total. The number of hydrogen-bond acceptors (Lipinski definition) is 5. The molecule has 4 heterocycles. The Balaban J connectivity index is 1.32. The monoisotopic (exact) mass is 408 g/mol. The number of nitrogens with one attached hydrogen (secondary N) is 3. The lowest BCUT2D eigenvalue weighted by Crippen LogP contribution is -2.52. The Labute approximate surface area is 171 Å². The van der Waals surface area contributed by atoms with E-state index in [1.165, 1.54) is 4.90 Å². The third-order valence-corrected chi connectivity index (χ3v) is 5.77. The number of anilines is 1. The molecule has 5 rings (SSSR count). The van der Waals surface area contributed by atoms with Gasteiger partial charge in [0.15, 0.2) is 0 Å². The fourth-order valence-electron chi connectivity index (χ4n) is 4.22. The van der Waals surface area contributed by atoms with Crippen LogP contribution in [-0.4, -0.2) is 46.2 Å². The van der Waals surface area contributed by atoms with Gasteiger partial charge in [0, 0.05) is 36.3 Å². The zero-order valence-electron chi connectivity index (χ0n) is 16.1. The van der Waals surface area contributed by atoms with Gasteiger partial charge in [0.05, 0.1) is 13.2 Å². The van der Waals surface area contributed by atoms with Crippen LogP contribution in [0.25, 0.3) is 0 Å². The van der Waals surface area contributed by atoms with E-state index in [1.807, 2.05) is 0 Å². The van der Waals surface area contributed by atoms with E-state index in [0.29, 0.717) is 36.6 Å². The van der Waals surface area contributed by atoms with Crippen molar-refractivity contribution < 1.29 is 23.9 Å². The highest BCUT2D eigenvalue weighted by Gasteiger charge is 2.39. The lowest BCUT2D eigenvalue weighted by atomic mass is 10.0. The summed E-state index contributed by atoms with van der Waals surface area (Å²) in [7, 11) is 0. The highest BCUT2D eigenvalue weighted by Crippen LogP contribution is 2.29. The molecule has 1 unspecified atom stereocenters. The van der Waals surface area contributed by atoms with Crippen molar-refractivity contribution in [3.63, 3.8) is 0 Å². The largest absolute Gasteiger partial charge is 0.376 e. The number of piperidine rings is 1. The van der Waals surface area contributed by atoms with Crippen molar-refractivity contribution >= 4 is 29.3 Å². The summed E-state index contributed by atoms with van der Waals surface area (Å²) in [6, 6.07) is 6.23. The zero-order valence-corrected chi connectivity index (χ0v) is 16.1. The molecule has 3 N–H and O–H groups in total. The van der Waals surface area contributed by atoms with Crippen molar-refractivity contribution in [1.29, 1.82) is 0 Å². The van der Waals surface area contributed by atoms with Gasteiger partial charge in [-0.3, -0.25) is 24.5 Å². The Morgan fingerprint density at radius 1 is 1.13 bits per heavy atom. The van der Waals surface area contributed by atoms with E-state index >= 15 is 0 Å². The van der Waals surface area contributed by atoms with Crippen LogP contribution < -0.4 is 10.6 Å². The molecule has 30 heavy (non-hydrogen) atoms. The van der Waals surface area contributed by atoms with Crippen LogP contribution >= 0.6 is 0 Å². The quantitative estimate of drug-likeness (QED) is 0.657. The number of aromatic amines is 1. The number of nitrogens with zero attached hydrogens (tertiary/aromatic N) is 1. The first-order chi connectivity index (χ1) is 14.5. The van der Waals surface area contributed by atoms with Crippen molar-refractivity contribution in [1.82, 2.24) is 15.2 Å². The van der Waals surface area contributed by atoms with Crippen LogP contribution in [0, 0.1) is 0 Å². The molecule has 2 aromatic rings. The Morgan fingerprint density at radius 2 is 2.00 bits per heavy atom. The fourth-order valence-corrected chi connectivity index (χ4v) is 4.22. The van der Waals surface area contributed by atoms with Gasteiger partial charge >= 0.3 is 0 Å². The Hall–Kier alpha value is -3.46. The lowest BCUT2D eigenvalue weighted by molar-refractivity contribution is -0.136. The zero-order chi connectivity index (χ0) is 20.8. The number of hydrogen-bond donors (Lipinski definition) is 3. The molecular formula is C21H20N4O5. The summed E-state index contributed by atoms with van der Waals surface area (Å²) in [4.78, 5) is 53.5. The lowest BCUT2D eigenvalue weighted by Gasteiger charge is -2.29. The summed E-state index contributed by atoms with van der Waals surface area (Å²) in [6.07, 6.45) is 1.28. The van der Waals surface area contributed by atoms with Crippen LogP contribution in [0.1, 0.15) is 50.5 Å². The van der Waals surface area contributed by atoms with Crippen LogP contribution in [0.2, 0.25) is 0 Å². The first-order valence-corrected chi connectivity index (χ1v) is 9.87. The van der Waals surface area contributed by atoms with Crippen LogP contribution in [0.5, 0.6) is 0 Å². The minimum atomic E-state index is -0.659. The van der Waals surface area contributed by atoms with E-state index in [2.05, 4.69) is 15.6 Å². The minimum absolute atomic E-state index is 0.211. The molecule has 0 aliphatic carbocycles. The number of amides is 4. The van der Waals surface area contributed by atoms with Gasteiger partial charge in [-0.25, -0.2) is 0 Å². The van der Waals surface area contributed by atoms with E-state index in [9.17, 15) is 19.2 Å². The molecule has 1 aromatic carbocycles. The van der Waals surface area contributed by atoms with Crippen molar-refractivity contribution in [2.24, 2.45) is 0 Å². The Morgan fingerprint density at radius 3 is 2.80 bits per heavy atom. The summed E-state index contributed by atoms with van der Waals surface area (Å²) in [5.41, 5.74) is 4.29. The Kier molecular flexibility index (Phi) is 4.39. The maximum absolute atomic E-state index is 12.7. The third-order valence-electron chi connectivity index (χ3n) is 5.77. The summed E-state index contributed by atoms with van der Waals surface area (Å²) >= 11 is 0. The second-order valence-corrected chi connectivity index (χ2v) is 7.72. The summed E-state index contributed by atoms with van der Waals surface area (Å²) in [6.45, 7) is 1.39. The molecular weight excluding hydrogens is 388 g/mol. The topological polar surface area (TPSA) is 121 Å². The van der Waals surface area contributed by atoms with Crippen LogP contribution in [0.4, 0.5) is 5.69 Å². The second-order valence-electron chi connectivity index (χ2n) is 7.72. The van der Waals surface area contributed by atoms with Crippen LogP contribution in [-0.2, 0) is 33.9 Å². The number of benzene rings is 1. The molecule has 1 atom stereocenters. The summed E-state index contributed by atoms with van der Waals surface area (Å²) in [5, 5.41) is 5.14. The van der Waals surface area contributed by atoms with Gasteiger partial charge in [-0.15, -0.1) is 0 Å². The molecule has 1 fully saturated rings. The first kappa shape index (κ1) is 18.6. The van der Waals surface area contributed by atoms with Gasteiger partial charge in [-0.2, -0.15) is 0 Å². The third kappa shape index (κ3) is 3.17. The number of fused-ring (bicyclic) bond motifs is 2. The predicted molar refractivity (Wildman–Crippen MR) is 105 cm³/mol. The fraction of sp³-hybridized carbons (Fsp3) is 0.333. The molecule has 0 bridgehead atoms. The van der Waals surface area contributed by atoms with Gasteiger partial charge in [0.1, 0.15) is 11.7 Å². The molecule has 154 valence electrons. The van der Waals surface area contributed by atoms with E-state index < -0.39 is 11.9 Å². The Bertz CT molecular complexity index is 1070. The number of carbonyl (C=O) groups is 4. The predicted octanol–water partition coefficient (Wildman–Crippen LogP) is 1.10. The molecule has 1 aromatic heterocycles. The molecule has 9 heteroatoms. The van der Waals surface area contributed by atoms with Crippen molar-refractivity contribution in [3.8, 4) is 0 Å². The molecule has 3 aliphatic heterocycles. The number of carbonyl (C=O) groups excluding carboxylic acids is 4. The van der Waals surface area contributed by atoms with Crippen molar-refractivity contribution in [2.45, 2.75) is 38.5 Å². The number of ether oxygens (including phenoxy) is 1. The number of aromatic nitrogens is 1. The average molecular weight is 408 g/mol. The van der Waals surface area contributed by atoms with Gasteiger partial charge in [-0.05, 0) is 41.8 Å². The van der Waals surface area contributed by atoms with Crippen molar-refractivity contribution in [2.75, 3.05) is 11.9 Å². The molecule has 0 saturated carbocycles. The smallest absolute Gasteiger partial charge is 0.272 e. The summed E-state index contributed by atoms with van der Waals surface area (Å²) < 4.78 is 5.41. The molecule has 0 spiro atoms. The highest BCUT2D eigenvalue weighted by molar-refractivity contribution is 6.06. The number of imide groups is 1. The normalized spacial score (nSPS) is 20.6. The molecule has 1 saturated heterocycles. The number of rotatable bonds is 3. The van der Waals surface area contributed by atoms with Crippen molar-refractivity contribution in [3.05, 3.63) is 52.3 Å². The average Bonchev–Trinajstić information content (AvgIpc) is 3.29. The van der Waals surface area contributed by atoms with Gasteiger partial charge in [0.25, 0.3) is 11.8 Å². The second kappa shape index (κ2) is 7.10. The van der Waals surface area contributed by atoms with Crippen LogP contribution in [0.15, 0.2) is 24.3 Å². The van der Waals surface area contributed by atoms with Gasteiger partial charge in [0.2, 0.25) is 11.8 Å². The SMILES string of the molecule is O=C1CCC(N2Cc3cc(NC(=O)c4cc5c([nH]4)CCOC5)ccc3C2=O)C(=O)N1. The molecule has 3 aliphatic rings. The van der Waals surface area contributed by atoms with E-state index in [4.69, 9.17) is 4.74 Å². The highest BCUT2D eigenvalue weighted by atomic mass is 16.5. The van der Waals surface area contributed by atoms with E-state index in [0.717, 1.165) is 23.2 Å².